The first-order valence-electron chi connectivity index (χ1n) is 8.56. The molecule has 0 unspecified atom stereocenters. The molecule has 0 bridgehead atoms. The highest BCUT2D eigenvalue weighted by molar-refractivity contribution is 6.13. The lowest BCUT2D eigenvalue weighted by Gasteiger charge is -2.20. The van der Waals surface area contributed by atoms with Gasteiger partial charge in [-0.2, -0.15) is 0 Å². The van der Waals surface area contributed by atoms with Gasteiger partial charge in [0.05, 0.1) is 23.4 Å². The monoisotopic (exact) mass is 325 g/mol. The van der Waals surface area contributed by atoms with Gasteiger partial charge in [0, 0.05) is 35.9 Å². The second-order valence-electron chi connectivity index (χ2n) is 6.53. The summed E-state index contributed by atoms with van der Waals surface area (Å²) in [6.45, 7) is 0.870. The SMILES string of the molecule is CN1C=CN(c2cccc3c4ccccc4n(-c4ccccc4)c23)C1. The maximum absolute atomic E-state index is 2.38. The molecule has 0 amide bonds. The maximum atomic E-state index is 2.38. The zero-order valence-corrected chi connectivity index (χ0v) is 14.1. The molecular formula is C22H19N3. The third-order valence-electron chi connectivity index (χ3n) is 4.87. The van der Waals surface area contributed by atoms with Crippen LogP contribution in [0.3, 0.4) is 0 Å². The smallest absolute Gasteiger partial charge is 0.0939 e. The molecule has 4 aromatic rings. The van der Waals surface area contributed by atoms with E-state index in [1.165, 1.54) is 33.2 Å². The Morgan fingerprint density at radius 3 is 2.28 bits per heavy atom. The zero-order valence-electron chi connectivity index (χ0n) is 14.1. The van der Waals surface area contributed by atoms with Crippen LogP contribution in [-0.4, -0.2) is 23.2 Å². The average Bonchev–Trinajstić information content (AvgIpc) is 3.24. The summed E-state index contributed by atoms with van der Waals surface area (Å²) < 4.78 is 2.38. The summed E-state index contributed by atoms with van der Waals surface area (Å²) in [4.78, 5) is 4.50. The number of aromatic nitrogens is 1. The van der Waals surface area contributed by atoms with Crippen molar-refractivity contribution >= 4 is 27.5 Å². The number of nitrogens with zero attached hydrogens (tertiary/aromatic N) is 3. The van der Waals surface area contributed by atoms with Crippen molar-refractivity contribution in [2.45, 2.75) is 0 Å². The predicted octanol–water partition coefficient (Wildman–Crippen LogP) is 4.96. The van der Waals surface area contributed by atoms with E-state index < -0.39 is 0 Å². The Kier molecular flexibility index (Phi) is 3.07. The van der Waals surface area contributed by atoms with Gasteiger partial charge in [-0.1, -0.05) is 48.5 Å². The molecule has 0 saturated carbocycles. The zero-order chi connectivity index (χ0) is 16.8. The highest BCUT2D eigenvalue weighted by Gasteiger charge is 2.19. The van der Waals surface area contributed by atoms with Crippen LogP contribution in [0, 0.1) is 0 Å². The first kappa shape index (κ1) is 14.2. The minimum atomic E-state index is 0.870. The van der Waals surface area contributed by atoms with Crippen LogP contribution < -0.4 is 4.90 Å². The number of para-hydroxylation sites is 3. The molecule has 5 rings (SSSR count). The first-order valence-corrected chi connectivity index (χ1v) is 8.56. The quantitative estimate of drug-likeness (QED) is 0.516. The molecule has 1 aromatic heterocycles. The average molecular weight is 325 g/mol. The first-order chi connectivity index (χ1) is 12.3. The largest absolute Gasteiger partial charge is 0.361 e. The summed E-state index contributed by atoms with van der Waals surface area (Å²) >= 11 is 0. The molecule has 3 heteroatoms. The lowest BCUT2D eigenvalue weighted by atomic mass is 10.1. The van der Waals surface area contributed by atoms with Gasteiger partial charge in [0.2, 0.25) is 0 Å². The van der Waals surface area contributed by atoms with Gasteiger partial charge >= 0.3 is 0 Å². The van der Waals surface area contributed by atoms with Gasteiger partial charge in [-0.15, -0.1) is 0 Å². The van der Waals surface area contributed by atoms with E-state index in [1.54, 1.807) is 0 Å². The van der Waals surface area contributed by atoms with E-state index in [0.29, 0.717) is 0 Å². The standard InChI is InChI=1S/C22H19N3/c1-23-14-15-24(16-23)21-13-7-11-19-18-10-5-6-12-20(18)25(22(19)21)17-8-3-2-4-9-17/h2-15H,16H2,1H3. The fraction of sp³-hybridized carbons (Fsp3) is 0.0909. The van der Waals surface area contributed by atoms with Crippen molar-refractivity contribution in [2.75, 3.05) is 18.6 Å². The summed E-state index contributed by atoms with van der Waals surface area (Å²) in [7, 11) is 2.10. The fourth-order valence-electron chi connectivity index (χ4n) is 3.76. The van der Waals surface area contributed by atoms with Crippen molar-refractivity contribution in [3.63, 3.8) is 0 Å². The van der Waals surface area contributed by atoms with Gasteiger partial charge in [-0.3, -0.25) is 0 Å². The lowest BCUT2D eigenvalue weighted by Crippen LogP contribution is -2.22. The maximum Gasteiger partial charge on any atom is 0.0939 e. The number of hydrogen-bond acceptors (Lipinski definition) is 2. The molecule has 2 heterocycles. The number of hydrogen-bond donors (Lipinski definition) is 0. The summed E-state index contributed by atoms with van der Waals surface area (Å²) in [5.41, 5.74) is 4.93. The van der Waals surface area contributed by atoms with E-state index in [4.69, 9.17) is 0 Å². The minimum absolute atomic E-state index is 0.870. The second-order valence-corrected chi connectivity index (χ2v) is 6.53. The molecule has 1 aliphatic rings. The Hall–Kier alpha value is -3.20. The Morgan fingerprint density at radius 1 is 0.720 bits per heavy atom. The van der Waals surface area contributed by atoms with E-state index in [2.05, 4.69) is 107 Å². The molecular weight excluding hydrogens is 306 g/mol. The summed E-state index contributed by atoms with van der Waals surface area (Å²) in [5.74, 6) is 0. The van der Waals surface area contributed by atoms with Crippen molar-refractivity contribution in [3.8, 4) is 5.69 Å². The Bertz CT molecular complexity index is 1090. The lowest BCUT2D eigenvalue weighted by molar-refractivity contribution is 0.496. The second kappa shape index (κ2) is 5.42. The van der Waals surface area contributed by atoms with Crippen LogP contribution in [0.25, 0.3) is 27.5 Å². The van der Waals surface area contributed by atoms with Crippen LogP contribution in [0.1, 0.15) is 0 Å². The fourth-order valence-corrected chi connectivity index (χ4v) is 3.76. The number of benzene rings is 3. The third-order valence-corrected chi connectivity index (χ3v) is 4.87. The Balaban J connectivity index is 1.90. The van der Waals surface area contributed by atoms with E-state index in [0.717, 1.165) is 6.67 Å². The van der Waals surface area contributed by atoms with Crippen molar-refractivity contribution in [3.05, 3.63) is 85.2 Å². The molecule has 3 nitrogen and oxygen atoms in total. The van der Waals surface area contributed by atoms with Crippen LogP contribution in [-0.2, 0) is 0 Å². The van der Waals surface area contributed by atoms with Crippen molar-refractivity contribution in [2.24, 2.45) is 0 Å². The molecule has 0 aliphatic carbocycles. The van der Waals surface area contributed by atoms with E-state index in [9.17, 15) is 0 Å². The molecule has 0 spiro atoms. The molecule has 3 aromatic carbocycles. The third kappa shape index (κ3) is 2.13. The van der Waals surface area contributed by atoms with E-state index in [1.807, 2.05) is 0 Å². The molecule has 0 radical (unpaired) electrons. The van der Waals surface area contributed by atoms with Crippen LogP contribution in [0.4, 0.5) is 5.69 Å². The van der Waals surface area contributed by atoms with Gasteiger partial charge in [-0.05, 0) is 24.3 Å². The number of anilines is 1. The van der Waals surface area contributed by atoms with Crippen LogP contribution >= 0.6 is 0 Å². The van der Waals surface area contributed by atoms with Crippen LogP contribution in [0.2, 0.25) is 0 Å². The normalized spacial score (nSPS) is 14.1. The number of rotatable bonds is 2. The van der Waals surface area contributed by atoms with Crippen molar-refractivity contribution in [1.82, 2.24) is 9.47 Å². The van der Waals surface area contributed by atoms with Gasteiger partial charge in [0.15, 0.2) is 0 Å². The molecule has 1 aliphatic heterocycles. The number of fused-ring (bicyclic) bond motifs is 3. The minimum Gasteiger partial charge on any atom is -0.361 e. The van der Waals surface area contributed by atoms with Gasteiger partial charge in [0.1, 0.15) is 0 Å². The highest BCUT2D eigenvalue weighted by Crippen LogP contribution is 2.38. The Labute approximate surface area is 147 Å². The van der Waals surface area contributed by atoms with E-state index >= 15 is 0 Å². The van der Waals surface area contributed by atoms with Crippen molar-refractivity contribution < 1.29 is 0 Å². The molecule has 122 valence electrons. The summed E-state index contributed by atoms with van der Waals surface area (Å²) in [6, 6.07) is 25.9. The summed E-state index contributed by atoms with van der Waals surface area (Å²) in [6.07, 6.45) is 4.27. The Morgan fingerprint density at radius 2 is 1.48 bits per heavy atom. The van der Waals surface area contributed by atoms with Crippen LogP contribution in [0.15, 0.2) is 85.2 Å². The molecule has 0 atom stereocenters. The van der Waals surface area contributed by atoms with Crippen molar-refractivity contribution in [1.29, 1.82) is 0 Å². The molecule has 0 N–H and O–H groups in total. The van der Waals surface area contributed by atoms with E-state index in [-0.39, 0.29) is 0 Å². The van der Waals surface area contributed by atoms with Gasteiger partial charge in [-0.25, -0.2) is 0 Å². The molecule has 0 fully saturated rings. The summed E-state index contributed by atoms with van der Waals surface area (Å²) in [5, 5.41) is 2.58. The topological polar surface area (TPSA) is 11.4 Å². The van der Waals surface area contributed by atoms with Gasteiger partial charge < -0.3 is 14.4 Å². The van der Waals surface area contributed by atoms with Crippen LogP contribution in [0.5, 0.6) is 0 Å². The predicted molar refractivity (Wildman–Crippen MR) is 105 cm³/mol. The highest BCUT2D eigenvalue weighted by atomic mass is 15.3. The van der Waals surface area contributed by atoms with Gasteiger partial charge in [0.25, 0.3) is 0 Å². The molecule has 25 heavy (non-hydrogen) atoms. The molecule has 0 saturated heterocycles.